The Kier molecular flexibility index (Phi) is 4.37. The van der Waals surface area contributed by atoms with Gasteiger partial charge in [0.15, 0.2) is 0 Å². The van der Waals surface area contributed by atoms with Crippen LogP contribution in [0.3, 0.4) is 0 Å². The maximum Gasteiger partial charge on any atom is 0.115 e. The average Bonchev–Trinajstić information content (AvgIpc) is 2.18. The number of rotatable bonds is 3. The molecule has 0 heterocycles. The molecule has 1 N–H and O–H groups in total. The normalized spacial score (nSPS) is 12.9. The Morgan fingerprint density at radius 1 is 1.38 bits per heavy atom. The molecule has 3 heteroatoms. The molecular formula is C13H17BrN2. The van der Waals surface area contributed by atoms with Gasteiger partial charge in [0.05, 0.1) is 6.07 Å². The summed E-state index contributed by atoms with van der Waals surface area (Å²) in [5.74, 6) is 0. The minimum atomic E-state index is -0.154. The van der Waals surface area contributed by atoms with Crippen LogP contribution in [0.15, 0.2) is 28.7 Å². The Hall–Kier alpha value is -1.01. The number of benzene rings is 1. The number of nitrogens with zero attached hydrogens (tertiary/aromatic N) is 1. The first-order valence-electron chi connectivity index (χ1n) is 5.33. The molecule has 0 spiro atoms. The first kappa shape index (κ1) is 13.1. The van der Waals surface area contributed by atoms with Crippen LogP contribution in [0.5, 0.6) is 0 Å². The first-order chi connectivity index (χ1) is 7.42. The molecule has 0 saturated carbocycles. The molecule has 1 rings (SSSR count). The lowest BCUT2D eigenvalue weighted by molar-refractivity contribution is 0.370. The van der Waals surface area contributed by atoms with Gasteiger partial charge in [-0.25, -0.2) is 0 Å². The summed E-state index contributed by atoms with van der Waals surface area (Å²) < 4.78 is 0.990. The van der Waals surface area contributed by atoms with E-state index in [0.29, 0.717) is 0 Å². The second kappa shape index (κ2) is 5.36. The van der Waals surface area contributed by atoms with Crippen molar-refractivity contribution in [3.8, 4) is 6.07 Å². The van der Waals surface area contributed by atoms with Crippen LogP contribution in [0.2, 0.25) is 0 Å². The molecule has 0 saturated heterocycles. The fourth-order valence-electron chi connectivity index (χ4n) is 1.51. The number of halogens is 1. The van der Waals surface area contributed by atoms with Crippen molar-refractivity contribution in [2.45, 2.75) is 33.2 Å². The predicted octanol–water partition coefficient (Wildman–Crippen LogP) is 4.19. The Labute approximate surface area is 106 Å². The highest BCUT2D eigenvalue weighted by Gasteiger charge is 2.18. The Morgan fingerprint density at radius 2 is 2.00 bits per heavy atom. The number of nitrogens with one attached hydrogen (secondary N) is 1. The summed E-state index contributed by atoms with van der Waals surface area (Å²) in [6.07, 6.45) is 0.824. The van der Waals surface area contributed by atoms with Crippen LogP contribution < -0.4 is 5.32 Å². The van der Waals surface area contributed by atoms with Gasteiger partial charge in [-0.05, 0) is 39.9 Å². The summed E-state index contributed by atoms with van der Waals surface area (Å²) in [5, 5.41) is 12.4. The average molecular weight is 281 g/mol. The van der Waals surface area contributed by atoms with Gasteiger partial charge < -0.3 is 5.32 Å². The standard InChI is InChI=1S/C13H17BrN2/c1-13(2,3)8-10(9-15)16-12-7-5-4-6-11(12)14/h4-7,10,16H,8H2,1-3H3. The minimum absolute atomic E-state index is 0.147. The molecule has 1 aromatic carbocycles. The number of anilines is 1. The summed E-state index contributed by atoms with van der Waals surface area (Å²) in [4.78, 5) is 0. The summed E-state index contributed by atoms with van der Waals surface area (Å²) >= 11 is 3.46. The topological polar surface area (TPSA) is 35.8 Å². The van der Waals surface area contributed by atoms with Crippen LogP contribution in [0.4, 0.5) is 5.69 Å². The molecule has 0 aliphatic carbocycles. The van der Waals surface area contributed by atoms with E-state index in [2.05, 4.69) is 48.1 Å². The van der Waals surface area contributed by atoms with Crippen LogP contribution >= 0.6 is 15.9 Å². The summed E-state index contributed by atoms with van der Waals surface area (Å²) in [6, 6.07) is 10.00. The van der Waals surface area contributed by atoms with Crippen LogP contribution in [-0.2, 0) is 0 Å². The largest absolute Gasteiger partial charge is 0.369 e. The number of nitriles is 1. The molecule has 0 radical (unpaired) electrons. The van der Waals surface area contributed by atoms with Crippen molar-refractivity contribution in [2.75, 3.05) is 5.32 Å². The third kappa shape index (κ3) is 4.24. The molecule has 86 valence electrons. The van der Waals surface area contributed by atoms with E-state index in [1.807, 2.05) is 24.3 Å². The third-order valence-electron chi connectivity index (χ3n) is 2.18. The second-order valence-electron chi connectivity index (χ2n) is 5.07. The predicted molar refractivity (Wildman–Crippen MR) is 71.2 cm³/mol. The highest BCUT2D eigenvalue weighted by atomic mass is 79.9. The molecule has 1 aromatic rings. The third-order valence-corrected chi connectivity index (χ3v) is 2.87. The van der Waals surface area contributed by atoms with Gasteiger partial charge in [0.2, 0.25) is 0 Å². The van der Waals surface area contributed by atoms with Crippen molar-refractivity contribution < 1.29 is 0 Å². The SMILES string of the molecule is CC(C)(C)CC(C#N)Nc1ccccc1Br. The van der Waals surface area contributed by atoms with Crippen molar-refractivity contribution in [3.05, 3.63) is 28.7 Å². The van der Waals surface area contributed by atoms with Crippen LogP contribution in [0.25, 0.3) is 0 Å². The highest BCUT2D eigenvalue weighted by molar-refractivity contribution is 9.10. The number of hydrogen-bond acceptors (Lipinski definition) is 2. The number of para-hydroxylation sites is 1. The maximum atomic E-state index is 9.11. The monoisotopic (exact) mass is 280 g/mol. The lowest BCUT2D eigenvalue weighted by atomic mass is 9.88. The van der Waals surface area contributed by atoms with Crippen LogP contribution in [0.1, 0.15) is 27.2 Å². The van der Waals surface area contributed by atoms with Gasteiger partial charge in [-0.3, -0.25) is 0 Å². The molecular weight excluding hydrogens is 264 g/mol. The van der Waals surface area contributed by atoms with E-state index in [1.54, 1.807) is 0 Å². The summed E-state index contributed by atoms with van der Waals surface area (Å²) in [7, 11) is 0. The van der Waals surface area contributed by atoms with E-state index in [4.69, 9.17) is 5.26 Å². The molecule has 0 bridgehead atoms. The molecule has 0 aliphatic rings. The Bertz CT molecular complexity index is 388. The van der Waals surface area contributed by atoms with E-state index in [1.165, 1.54) is 0 Å². The maximum absolute atomic E-state index is 9.11. The van der Waals surface area contributed by atoms with Crippen LogP contribution in [0, 0.1) is 16.7 Å². The smallest absolute Gasteiger partial charge is 0.115 e. The van der Waals surface area contributed by atoms with E-state index in [0.717, 1.165) is 16.6 Å². The number of hydrogen-bond donors (Lipinski definition) is 1. The molecule has 1 atom stereocenters. The lowest BCUT2D eigenvalue weighted by Gasteiger charge is -2.23. The van der Waals surface area contributed by atoms with Gasteiger partial charge in [0.25, 0.3) is 0 Å². The zero-order valence-electron chi connectivity index (χ0n) is 9.92. The van der Waals surface area contributed by atoms with Gasteiger partial charge in [0, 0.05) is 10.2 Å². The highest BCUT2D eigenvalue weighted by Crippen LogP contribution is 2.26. The molecule has 0 aliphatic heterocycles. The first-order valence-corrected chi connectivity index (χ1v) is 6.12. The minimum Gasteiger partial charge on any atom is -0.369 e. The van der Waals surface area contributed by atoms with E-state index in [-0.39, 0.29) is 11.5 Å². The zero-order valence-corrected chi connectivity index (χ0v) is 11.5. The van der Waals surface area contributed by atoms with Gasteiger partial charge in [-0.15, -0.1) is 0 Å². The van der Waals surface area contributed by atoms with Crippen molar-refractivity contribution in [2.24, 2.45) is 5.41 Å². The van der Waals surface area contributed by atoms with Crippen LogP contribution in [-0.4, -0.2) is 6.04 Å². The van der Waals surface area contributed by atoms with E-state index >= 15 is 0 Å². The van der Waals surface area contributed by atoms with Gasteiger partial charge >= 0.3 is 0 Å². The molecule has 2 nitrogen and oxygen atoms in total. The fourth-order valence-corrected chi connectivity index (χ4v) is 1.91. The molecule has 0 aromatic heterocycles. The van der Waals surface area contributed by atoms with Crippen molar-refractivity contribution in [1.29, 1.82) is 5.26 Å². The van der Waals surface area contributed by atoms with Crippen molar-refractivity contribution in [3.63, 3.8) is 0 Å². The van der Waals surface area contributed by atoms with Crippen molar-refractivity contribution >= 4 is 21.6 Å². The van der Waals surface area contributed by atoms with Gasteiger partial charge in [0.1, 0.15) is 6.04 Å². The van der Waals surface area contributed by atoms with E-state index < -0.39 is 0 Å². The fraction of sp³-hybridized carbons (Fsp3) is 0.462. The Morgan fingerprint density at radius 3 is 2.50 bits per heavy atom. The summed E-state index contributed by atoms with van der Waals surface area (Å²) in [6.45, 7) is 6.41. The lowest BCUT2D eigenvalue weighted by Crippen LogP contribution is -2.24. The molecule has 16 heavy (non-hydrogen) atoms. The van der Waals surface area contributed by atoms with E-state index in [9.17, 15) is 0 Å². The molecule has 0 amide bonds. The Balaban J connectivity index is 2.72. The zero-order chi connectivity index (χ0) is 12.2. The molecule has 1 unspecified atom stereocenters. The van der Waals surface area contributed by atoms with Gasteiger partial charge in [-0.2, -0.15) is 5.26 Å². The summed E-state index contributed by atoms with van der Waals surface area (Å²) in [5.41, 5.74) is 1.12. The molecule has 0 fully saturated rings. The quantitative estimate of drug-likeness (QED) is 0.901. The van der Waals surface area contributed by atoms with Crippen molar-refractivity contribution in [1.82, 2.24) is 0 Å². The second-order valence-corrected chi connectivity index (χ2v) is 5.92. The van der Waals surface area contributed by atoms with Gasteiger partial charge in [-0.1, -0.05) is 32.9 Å².